The van der Waals surface area contributed by atoms with E-state index in [1.54, 1.807) is 12.2 Å². The van der Waals surface area contributed by atoms with Gasteiger partial charge in [0.25, 0.3) is 0 Å². The number of ether oxygens (including phenoxy) is 1. The minimum Gasteiger partial charge on any atom is -0.462 e. The number of nitrogens with two attached hydrogens (primary N) is 1. The first-order chi connectivity index (χ1) is 14.9. The number of amides is 1. The van der Waals surface area contributed by atoms with E-state index in [4.69, 9.17) is 10.5 Å². The largest absolute Gasteiger partial charge is 0.462 e. The molecule has 0 radical (unpaired) electrons. The van der Waals surface area contributed by atoms with E-state index in [1.165, 1.54) is 22.8 Å². The summed E-state index contributed by atoms with van der Waals surface area (Å²) in [6.07, 6.45) is 13.2. The van der Waals surface area contributed by atoms with Crippen molar-refractivity contribution in [3.8, 4) is 5.75 Å². The van der Waals surface area contributed by atoms with Crippen LogP contribution in [-0.4, -0.2) is 12.5 Å². The third-order valence-corrected chi connectivity index (χ3v) is 5.16. The summed E-state index contributed by atoms with van der Waals surface area (Å²) in [7, 11) is 0. The van der Waals surface area contributed by atoms with Crippen LogP contribution in [0, 0.1) is 0 Å². The molecule has 4 nitrogen and oxygen atoms in total. The number of primary amides is 1. The molecule has 0 aromatic heterocycles. The Morgan fingerprint density at radius 3 is 2.58 bits per heavy atom. The van der Waals surface area contributed by atoms with Crippen LogP contribution in [0.15, 0.2) is 78.6 Å². The molecular weight excluding hydrogens is 384 g/mol. The highest BCUT2D eigenvalue weighted by atomic mass is 16.5. The van der Waals surface area contributed by atoms with E-state index in [2.05, 4.69) is 57.5 Å². The molecule has 0 saturated heterocycles. The maximum absolute atomic E-state index is 11.2. The van der Waals surface area contributed by atoms with Gasteiger partial charge in [0.2, 0.25) is 5.91 Å². The molecular formula is C27H38N2O2. The number of fused-ring (bicyclic) bond motifs is 1. The molecule has 168 valence electrons. The number of aryl methyl sites for hydroxylation is 1. The van der Waals surface area contributed by atoms with Crippen molar-refractivity contribution in [1.82, 2.24) is 5.32 Å². The lowest BCUT2D eigenvalue weighted by atomic mass is 10.1. The van der Waals surface area contributed by atoms with E-state index in [9.17, 15) is 4.79 Å². The summed E-state index contributed by atoms with van der Waals surface area (Å²) in [6, 6.07) is 6.68. The molecule has 0 heterocycles. The monoisotopic (exact) mass is 422 g/mol. The van der Waals surface area contributed by atoms with E-state index in [0.717, 1.165) is 38.0 Å². The highest BCUT2D eigenvalue weighted by Gasteiger charge is 2.22. The number of carbonyl (C=O) groups excluding carboxylic acids is 1. The second-order valence-corrected chi connectivity index (χ2v) is 7.56. The predicted molar refractivity (Wildman–Crippen MR) is 132 cm³/mol. The quantitative estimate of drug-likeness (QED) is 0.208. The molecule has 1 aliphatic carbocycles. The summed E-state index contributed by atoms with van der Waals surface area (Å²) < 4.78 is 5.88. The van der Waals surface area contributed by atoms with E-state index < -0.39 is 5.91 Å². The van der Waals surface area contributed by atoms with Gasteiger partial charge >= 0.3 is 0 Å². The minimum atomic E-state index is -0.505. The average Bonchev–Trinajstić information content (AvgIpc) is 3.16. The molecule has 0 bridgehead atoms. The van der Waals surface area contributed by atoms with Gasteiger partial charge in [0, 0.05) is 11.6 Å². The van der Waals surface area contributed by atoms with Crippen molar-refractivity contribution in [3.63, 3.8) is 0 Å². The molecule has 0 aliphatic heterocycles. The van der Waals surface area contributed by atoms with Crippen LogP contribution in [0.1, 0.15) is 64.1 Å². The minimum absolute atomic E-state index is 0.356. The Labute approximate surface area is 188 Å². The van der Waals surface area contributed by atoms with E-state index >= 15 is 0 Å². The molecule has 1 unspecified atom stereocenters. The van der Waals surface area contributed by atoms with Crippen LogP contribution in [0.4, 0.5) is 0 Å². The fourth-order valence-electron chi connectivity index (χ4n) is 3.14. The molecule has 0 spiro atoms. The molecule has 1 aromatic carbocycles. The van der Waals surface area contributed by atoms with E-state index in [1.807, 2.05) is 19.1 Å². The molecule has 0 saturated carbocycles. The van der Waals surface area contributed by atoms with Gasteiger partial charge in [-0.25, -0.2) is 0 Å². The van der Waals surface area contributed by atoms with Crippen LogP contribution in [0.5, 0.6) is 5.75 Å². The van der Waals surface area contributed by atoms with Crippen LogP contribution >= 0.6 is 0 Å². The van der Waals surface area contributed by atoms with Crippen molar-refractivity contribution in [1.29, 1.82) is 0 Å². The molecule has 4 heteroatoms. The molecule has 0 fully saturated rings. The van der Waals surface area contributed by atoms with Crippen LogP contribution < -0.4 is 15.8 Å². The lowest BCUT2D eigenvalue weighted by Gasteiger charge is -2.15. The Balaban J connectivity index is 0.00000110. The van der Waals surface area contributed by atoms with Gasteiger partial charge in [-0.3, -0.25) is 4.79 Å². The number of carbonyl (C=O) groups is 1. The smallest absolute Gasteiger partial charge is 0.248 e. The molecule has 3 N–H and O–H groups in total. The fraction of sp³-hybridized carbons (Fsp3) is 0.370. The highest BCUT2D eigenvalue weighted by Crippen LogP contribution is 2.34. The Hall–Kier alpha value is -2.85. The first-order valence-corrected chi connectivity index (χ1v) is 10.9. The number of allylic oxidation sites excluding steroid dienone is 5. The number of benzene rings is 1. The van der Waals surface area contributed by atoms with Gasteiger partial charge in [0.15, 0.2) is 0 Å². The third-order valence-electron chi connectivity index (χ3n) is 5.16. The van der Waals surface area contributed by atoms with Gasteiger partial charge in [-0.15, -0.1) is 6.58 Å². The summed E-state index contributed by atoms with van der Waals surface area (Å²) in [5, 5.41) is 3.66. The molecule has 2 rings (SSSR count). The standard InChI is InChI=1S/C23H30N2O2.C4H8/c1-5-16(3)13-14-25-22-12-9-19-15-20(10-11-21(19)22)27-17(4)7-8-18(6-2)23(24)26;1-3-4-2/h5-8,10-11,15,22,25H,2,9,12-14H2,1,3-4H3,(H2,24,26);3H,1,4H2,2H3/b16-5+,17-7+,18-8+;. The summed E-state index contributed by atoms with van der Waals surface area (Å²) in [5.41, 5.74) is 9.73. The van der Waals surface area contributed by atoms with Gasteiger partial charge in [0.05, 0.1) is 0 Å². The van der Waals surface area contributed by atoms with Gasteiger partial charge < -0.3 is 15.8 Å². The Kier molecular flexibility index (Phi) is 12.0. The first-order valence-electron chi connectivity index (χ1n) is 10.9. The van der Waals surface area contributed by atoms with Crippen molar-refractivity contribution in [3.05, 3.63) is 89.8 Å². The van der Waals surface area contributed by atoms with E-state index in [-0.39, 0.29) is 0 Å². The van der Waals surface area contributed by atoms with Crippen molar-refractivity contribution in [2.75, 3.05) is 6.54 Å². The molecule has 1 amide bonds. The van der Waals surface area contributed by atoms with Crippen molar-refractivity contribution >= 4 is 5.91 Å². The number of hydrogen-bond donors (Lipinski definition) is 2. The summed E-state index contributed by atoms with van der Waals surface area (Å²) in [4.78, 5) is 11.2. The lowest BCUT2D eigenvalue weighted by Crippen LogP contribution is -2.20. The summed E-state index contributed by atoms with van der Waals surface area (Å²) >= 11 is 0. The third kappa shape index (κ3) is 9.22. The van der Waals surface area contributed by atoms with Crippen LogP contribution in [0.25, 0.3) is 0 Å². The SMILES string of the molecule is C=C/C(=C\C=C(/C)Oc1ccc2c(c1)CCC2NCC/C(C)=C/C)C(N)=O.C=CCC. The Morgan fingerprint density at radius 2 is 2.00 bits per heavy atom. The first kappa shape index (κ1) is 26.2. The number of rotatable bonds is 10. The van der Waals surface area contributed by atoms with Crippen molar-refractivity contribution < 1.29 is 9.53 Å². The van der Waals surface area contributed by atoms with Crippen LogP contribution in [-0.2, 0) is 11.2 Å². The van der Waals surface area contributed by atoms with Gasteiger partial charge in [-0.05, 0) is 88.4 Å². The second-order valence-electron chi connectivity index (χ2n) is 7.56. The Bertz CT molecular complexity index is 847. The molecule has 1 aliphatic rings. The lowest BCUT2D eigenvalue weighted by molar-refractivity contribution is -0.114. The van der Waals surface area contributed by atoms with Crippen molar-refractivity contribution in [2.45, 2.75) is 59.4 Å². The summed E-state index contributed by atoms with van der Waals surface area (Å²) in [6.45, 7) is 16.2. The fourth-order valence-corrected chi connectivity index (χ4v) is 3.14. The molecule has 31 heavy (non-hydrogen) atoms. The maximum Gasteiger partial charge on any atom is 0.248 e. The zero-order chi connectivity index (χ0) is 23.2. The normalized spacial score (nSPS) is 16.1. The van der Waals surface area contributed by atoms with Gasteiger partial charge in [0.1, 0.15) is 11.5 Å². The number of nitrogens with one attached hydrogen (secondary N) is 1. The van der Waals surface area contributed by atoms with Gasteiger partial charge in [-0.1, -0.05) is 43.4 Å². The topological polar surface area (TPSA) is 64.3 Å². The van der Waals surface area contributed by atoms with Crippen LogP contribution in [0.3, 0.4) is 0 Å². The predicted octanol–water partition coefficient (Wildman–Crippen LogP) is 6.08. The zero-order valence-corrected chi connectivity index (χ0v) is 19.5. The Morgan fingerprint density at radius 1 is 1.29 bits per heavy atom. The molecule has 1 aromatic rings. The number of hydrogen-bond acceptors (Lipinski definition) is 3. The highest BCUT2D eigenvalue weighted by molar-refractivity contribution is 5.94. The molecule has 1 atom stereocenters. The van der Waals surface area contributed by atoms with Crippen molar-refractivity contribution in [2.24, 2.45) is 5.73 Å². The van der Waals surface area contributed by atoms with Crippen LogP contribution in [0.2, 0.25) is 0 Å². The van der Waals surface area contributed by atoms with Gasteiger partial charge in [-0.2, -0.15) is 0 Å². The van der Waals surface area contributed by atoms with E-state index in [0.29, 0.717) is 17.4 Å². The second kappa shape index (κ2) is 14.2. The maximum atomic E-state index is 11.2. The zero-order valence-electron chi connectivity index (χ0n) is 19.5. The summed E-state index contributed by atoms with van der Waals surface area (Å²) in [5.74, 6) is 0.986. The average molecular weight is 423 g/mol.